The predicted molar refractivity (Wildman–Crippen MR) is 117 cm³/mol. The SMILES string of the molecule is CCCOC([SiH3])(OCC)C(C)(C)C(N)C(C)(C)C([SiH3])(OCC)OCCC. The van der Waals surface area contributed by atoms with Crippen LogP contribution in [0.4, 0.5) is 0 Å². The average Bonchev–Trinajstić information content (AvgIpc) is 2.57. The number of nitrogens with two attached hydrogens (primary N) is 1. The average molecular weight is 408 g/mol. The molecular formula is C19H45NO4Si2. The van der Waals surface area contributed by atoms with Crippen molar-refractivity contribution in [2.45, 2.75) is 85.1 Å². The molecule has 0 amide bonds. The van der Waals surface area contributed by atoms with Gasteiger partial charge in [-0.1, -0.05) is 41.5 Å². The molecule has 0 aromatic rings. The van der Waals surface area contributed by atoms with E-state index in [-0.39, 0.29) is 6.04 Å². The summed E-state index contributed by atoms with van der Waals surface area (Å²) >= 11 is 0. The Labute approximate surface area is 167 Å². The van der Waals surface area contributed by atoms with Crippen LogP contribution < -0.4 is 5.73 Å². The largest absolute Gasteiger partial charge is 0.354 e. The molecule has 0 aliphatic heterocycles. The Kier molecular flexibility index (Phi) is 10.8. The lowest BCUT2D eigenvalue weighted by Gasteiger charge is -2.56. The molecule has 0 aromatic carbocycles. The van der Waals surface area contributed by atoms with Crippen LogP contribution in [-0.4, -0.2) is 63.8 Å². The zero-order valence-electron chi connectivity index (χ0n) is 19.0. The molecule has 2 N–H and O–H groups in total. The third kappa shape index (κ3) is 5.62. The van der Waals surface area contributed by atoms with E-state index in [0.29, 0.717) is 26.4 Å². The maximum atomic E-state index is 6.93. The van der Waals surface area contributed by atoms with Crippen molar-refractivity contribution in [3.8, 4) is 0 Å². The Hall–Kier alpha value is 0.234. The molecule has 0 saturated carbocycles. The fourth-order valence-electron chi connectivity index (χ4n) is 3.44. The summed E-state index contributed by atoms with van der Waals surface area (Å²) in [4.78, 5) is 0. The van der Waals surface area contributed by atoms with Gasteiger partial charge in [0.1, 0.15) is 10.8 Å². The van der Waals surface area contributed by atoms with Crippen LogP contribution in [0.5, 0.6) is 0 Å². The highest BCUT2D eigenvalue weighted by Gasteiger charge is 2.57. The van der Waals surface area contributed by atoms with Crippen LogP contribution in [0.1, 0.15) is 68.2 Å². The molecule has 0 bridgehead atoms. The van der Waals surface area contributed by atoms with Crippen LogP contribution in [0.15, 0.2) is 0 Å². The van der Waals surface area contributed by atoms with E-state index in [1.807, 2.05) is 13.8 Å². The molecule has 0 rings (SSSR count). The van der Waals surface area contributed by atoms with Gasteiger partial charge in [0.2, 0.25) is 0 Å². The predicted octanol–water partition coefficient (Wildman–Crippen LogP) is 1.33. The highest BCUT2D eigenvalue weighted by atomic mass is 28.2. The van der Waals surface area contributed by atoms with Gasteiger partial charge in [-0.2, -0.15) is 0 Å². The lowest BCUT2D eigenvalue weighted by Crippen LogP contribution is -2.68. The highest BCUT2D eigenvalue weighted by Crippen LogP contribution is 2.47. The second kappa shape index (κ2) is 10.7. The van der Waals surface area contributed by atoms with E-state index in [9.17, 15) is 0 Å². The topological polar surface area (TPSA) is 62.9 Å². The van der Waals surface area contributed by atoms with Gasteiger partial charge in [0.25, 0.3) is 0 Å². The van der Waals surface area contributed by atoms with Gasteiger partial charge in [-0.15, -0.1) is 0 Å². The molecule has 7 heteroatoms. The highest BCUT2D eigenvalue weighted by molar-refractivity contribution is 6.14. The van der Waals surface area contributed by atoms with Crippen LogP contribution in [0.25, 0.3) is 0 Å². The van der Waals surface area contributed by atoms with E-state index >= 15 is 0 Å². The quantitative estimate of drug-likeness (QED) is 0.348. The lowest BCUT2D eigenvalue weighted by molar-refractivity contribution is -0.277. The zero-order valence-corrected chi connectivity index (χ0v) is 23.0. The van der Waals surface area contributed by atoms with E-state index in [1.165, 1.54) is 0 Å². The molecule has 158 valence electrons. The number of hydrogen-bond donors (Lipinski definition) is 1. The van der Waals surface area contributed by atoms with Crippen molar-refractivity contribution in [1.82, 2.24) is 0 Å². The van der Waals surface area contributed by atoms with E-state index in [1.54, 1.807) is 0 Å². The van der Waals surface area contributed by atoms with Crippen LogP contribution in [0.3, 0.4) is 0 Å². The minimum Gasteiger partial charge on any atom is -0.354 e. The maximum absolute atomic E-state index is 6.93. The van der Waals surface area contributed by atoms with Crippen LogP contribution in [0, 0.1) is 10.8 Å². The first-order valence-corrected chi connectivity index (χ1v) is 12.2. The first-order valence-electron chi connectivity index (χ1n) is 10.2. The molecule has 0 fully saturated rings. The Morgan fingerprint density at radius 2 is 1.00 bits per heavy atom. The van der Waals surface area contributed by atoms with Gasteiger partial charge in [0.05, 0.1) is 20.5 Å². The molecule has 0 saturated heterocycles. The molecule has 0 heterocycles. The van der Waals surface area contributed by atoms with Crippen molar-refractivity contribution in [2.24, 2.45) is 16.6 Å². The number of hydrogen-bond acceptors (Lipinski definition) is 5. The summed E-state index contributed by atoms with van der Waals surface area (Å²) in [7, 11) is 1.46. The Morgan fingerprint density at radius 1 is 0.692 bits per heavy atom. The van der Waals surface area contributed by atoms with Crippen LogP contribution in [0.2, 0.25) is 0 Å². The van der Waals surface area contributed by atoms with Crippen LogP contribution >= 0.6 is 0 Å². The summed E-state index contributed by atoms with van der Waals surface area (Å²) < 4.78 is 24.8. The number of ether oxygens (including phenoxy) is 4. The second-order valence-corrected chi connectivity index (χ2v) is 11.0. The minimum atomic E-state index is -0.645. The minimum absolute atomic E-state index is 0.225. The summed E-state index contributed by atoms with van der Waals surface area (Å²) in [6, 6.07) is -0.225. The van der Waals surface area contributed by atoms with Gasteiger partial charge in [-0.3, -0.25) is 0 Å². The smallest absolute Gasteiger partial charge is 0.147 e. The number of rotatable bonds is 14. The Balaban J connectivity index is 5.85. The third-order valence-electron chi connectivity index (χ3n) is 5.90. The fraction of sp³-hybridized carbons (Fsp3) is 1.00. The van der Waals surface area contributed by atoms with Gasteiger partial charge < -0.3 is 24.7 Å². The molecule has 0 spiro atoms. The lowest BCUT2D eigenvalue weighted by atomic mass is 9.68. The van der Waals surface area contributed by atoms with Crippen molar-refractivity contribution in [3.05, 3.63) is 0 Å². The first-order chi connectivity index (χ1) is 11.9. The molecule has 2 unspecified atom stereocenters. The molecule has 0 aliphatic carbocycles. The maximum Gasteiger partial charge on any atom is 0.147 e. The molecule has 5 nitrogen and oxygen atoms in total. The van der Waals surface area contributed by atoms with Crippen molar-refractivity contribution >= 4 is 20.5 Å². The zero-order chi connectivity index (χ0) is 20.6. The summed E-state index contributed by atoms with van der Waals surface area (Å²) in [5, 5.41) is 0. The van der Waals surface area contributed by atoms with E-state index in [2.05, 4.69) is 41.5 Å². The fourth-order valence-corrected chi connectivity index (χ4v) is 5.05. The van der Waals surface area contributed by atoms with Crippen LogP contribution in [-0.2, 0) is 18.9 Å². The first kappa shape index (κ1) is 26.2. The molecular weight excluding hydrogens is 362 g/mol. The summed E-state index contributed by atoms with van der Waals surface area (Å²) in [6.07, 6.45) is 1.91. The molecule has 0 aliphatic rings. The molecule has 0 aromatic heterocycles. The monoisotopic (exact) mass is 407 g/mol. The second-order valence-electron chi connectivity index (χ2n) is 8.38. The van der Waals surface area contributed by atoms with Gasteiger partial charge in [0.15, 0.2) is 0 Å². The summed E-state index contributed by atoms with van der Waals surface area (Å²) in [5.74, 6) is 0. The van der Waals surface area contributed by atoms with E-state index in [4.69, 9.17) is 24.7 Å². The molecule has 0 radical (unpaired) electrons. The van der Waals surface area contributed by atoms with Crippen molar-refractivity contribution in [3.63, 3.8) is 0 Å². The van der Waals surface area contributed by atoms with Gasteiger partial charge in [-0.05, 0) is 26.7 Å². The normalized spacial score (nSPS) is 19.3. The molecule has 2 atom stereocenters. The Morgan fingerprint density at radius 3 is 1.23 bits per heavy atom. The van der Waals surface area contributed by atoms with Crippen molar-refractivity contribution in [1.29, 1.82) is 0 Å². The van der Waals surface area contributed by atoms with Gasteiger partial charge in [-0.25, -0.2) is 0 Å². The Bertz CT molecular complexity index is 373. The van der Waals surface area contributed by atoms with Crippen molar-refractivity contribution in [2.75, 3.05) is 26.4 Å². The summed E-state index contributed by atoms with van der Waals surface area (Å²) in [5.41, 5.74) is 4.85. The van der Waals surface area contributed by atoms with Gasteiger partial charge >= 0.3 is 0 Å². The van der Waals surface area contributed by atoms with Crippen molar-refractivity contribution < 1.29 is 18.9 Å². The van der Waals surface area contributed by atoms with Gasteiger partial charge in [0, 0.05) is 43.3 Å². The third-order valence-corrected chi connectivity index (χ3v) is 9.63. The molecule has 26 heavy (non-hydrogen) atoms. The van der Waals surface area contributed by atoms with E-state index < -0.39 is 21.7 Å². The van der Waals surface area contributed by atoms with E-state index in [0.717, 1.165) is 33.3 Å². The standard InChI is InChI=1S/C19H45NO4Si2/c1-9-13-23-18(25,21-11-3)16(5,6)15(20)17(7,8)19(26,22-12-4)24-14-10-2/h15H,9-14,20H2,1-8,25-26H3. The summed E-state index contributed by atoms with van der Waals surface area (Å²) in [6.45, 7) is 19.4.